The minimum absolute atomic E-state index is 0.355. The summed E-state index contributed by atoms with van der Waals surface area (Å²) < 4.78 is 37.0. The number of halogens is 1. The largest absolute Gasteiger partial charge is 0.331 e. The number of amides is 2. The first kappa shape index (κ1) is 18.8. The average Bonchev–Trinajstić information content (AvgIpc) is 2.95. The van der Waals surface area contributed by atoms with Crippen molar-refractivity contribution in [3.05, 3.63) is 40.2 Å². The highest BCUT2D eigenvalue weighted by atomic mass is 32.2. The molecule has 6 nitrogen and oxygen atoms in total. The summed E-state index contributed by atoms with van der Waals surface area (Å²) >= 11 is 1.48. The van der Waals surface area contributed by atoms with Crippen LogP contribution < -0.4 is 10.6 Å². The maximum atomic E-state index is 14.0. The van der Waals surface area contributed by atoms with E-state index >= 15 is 0 Å². The van der Waals surface area contributed by atoms with Crippen molar-refractivity contribution in [1.82, 2.24) is 10.3 Å². The van der Waals surface area contributed by atoms with Gasteiger partial charge < -0.3 is 5.32 Å². The number of benzene rings is 1. The van der Waals surface area contributed by atoms with Gasteiger partial charge >= 0.3 is 6.03 Å². The first-order valence-corrected chi connectivity index (χ1v) is 11.0. The van der Waals surface area contributed by atoms with Gasteiger partial charge in [-0.2, -0.15) is 0 Å². The number of aromatic nitrogens is 1. The molecular weight excluding hydrogens is 377 g/mol. The molecule has 2 amide bonds. The highest BCUT2D eigenvalue weighted by Gasteiger charge is 2.19. The zero-order valence-corrected chi connectivity index (χ0v) is 16.1. The predicted molar refractivity (Wildman–Crippen MR) is 98.8 cm³/mol. The highest BCUT2D eigenvalue weighted by Crippen LogP contribution is 2.29. The number of carbonyl (C=O) groups is 1. The standard InChI is InChI=1S/C17H20FN3O3S2/c1-10(11-7-8-15(12(18)9-11)26(2,23)24)19-16(22)21-17-20-13-5-3-4-6-14(13)25-17/h7-10H,3-6H2,1-2H3,(H2,19,20,21,22). The molecule has 9 heteroatoms. The van der Waals surface area contributed by atoms with Crippen molar-refractivity contribution < 1.29 is 17.6 Å². The Hall–Kier alpha value is -2.00. The third-order valence-corrected chi connectivity index (χ3v) is 6.47. The second-order valence-electron chi connectivity index (χ2n) is 6.38. The van der Waals surface area contributed by atoms with E-state index in [1.165, 1.54) is 28.3 Å². The monoisotopic (exact) mass is 397 g/mol. The summed E-state index contributed by atoms with van der Waals surface area (Å²) in [5, 5.41) is 5.98. The average molecular weight is 397 g/mol. The molecule has 0 spiro atoms. The predicted octanol–water partition coefficient (Wildman–Crippen LogP) is 3.45. The van der Waals surface area contributed by atoms with Crippen LogP contribution in [-0.4, -0.2) is 25.7 Å². The van der Waals surface area contributed by atoms with Crippen LogP contribution in [-0.2, 0) is 22.7 Å². The Bertz CT molecular complexity index is 917. The summed E-state index contributed by atoms with van der Waals surface area (Å²) in [5.41, 5.74) is 1.53. The number of fused-ring (bicyclic) bond motifs is 1. The van der Waals surface area contributed by atoms with Crippen LogP contribution >= 0.6 is 11.3 Å². The van der Waals surface area contributed by atoms with E-state index in [9.17, 15) is 17.6 Å². The SMILES string of the molecule is CC(NC(=O)Nc1nc2c(s1)CCCC2)c1ccc(S(C)(=O)=O)c(F)c1. The molecule has 2 aromatic rings. The molecule has 0 saturated heterocycles. The van der Waals surface area contributed by atoms with Crippen LogP contribution in [0.15, 0.2) is 23.1 Å². The fourth-order valence-corrected chi connectivity index (χ4v) is 4.68. The lowest BCUT2D eigenvalue weighted by Crippen LogP contribution is -2.31. The van der Waals surface area contributed by atoms with Gasteiger partial charge in [-0.25, -0.2) is 22.6 Å². The number of rotatable bonds is 4. The lowest BCUT2D eigenvalue weighted by molar-refractivity contribution is 0.249. The normalized spacial score (nSPS) is 15.2. The van der Waals surface area contributed by atoms with Crippen molar-refractivity contribution >= 4 is 32.3 Å². The Morgan fingerprint density at radius 2 is 2.04 bits per heavy atom. The van der Waals surface area contributed by atoms with Gasteiger partial charge in [-0.15, -0.1) is 11.3 Å². The molecule has 1 unspecified atom stereocenters. The van der Waals surface area contributed by atoms with E-state index in [4.69, 9.17) is 0 Å². The smallest absolute Gasteiger partial charge is 0.321 e. The van der Waals surface area contributed by atoms with E-state index in [1.807, 2.05) is 0 Å². The second-order valence-corrected chi connectivity index (χ2v) is 9.45. The number of hydrogen-bond acceptors (Lipinski definition) is 5. The summed E-state index contributed by atoms with van der Waals surface area (Å²) in [6.07, 6.45) is 5.16. The van der Waals surface area contributed by atoms with E-state index in [2.05, 4.69) is 15.6 Å². The van der Waals surface area contributed by atoms with Gasteiger partial charge in [0.1, 0.15) is 10.7 Å². The van der Waals surface area contributed by atoms with E-state index < -0.39 is 27.7 Å². The molecule has 1 aliphatic carbocycles. The number of sulfone groups is 1. The maximum Gasteiger partial charge on any atom is 0.321 e. The second kappa shape index (κ2) is 7.32. The van der Waals surface area contributed by atoms with Crippen molar-refractivity contribution in [3.8, 4) is 0 Å². The molecule has 3 rings (SSSR count). The summed E-state index contributed by atoms with van der Waals surface area (Å²) in [7, 11) is -3.62. The molecule has 2 N–H and O–H groups in total. The zero-order valence-electron chi connectivity index (χ0n) is 14.5. The van der Waals surface area contributed by atoms with Crippen molar-refractivity contribution in [2.75, 3.05) is 11.6 Å². The van der Waals surface area contributed by atoms with Crippen molar-refractivity contribution in [3.63, 3.8) is 0 Å². The van der Waals surface area contributed by atoms with Crippen LogP contribution in [0.1, 0.15) is 41.9 Å². The van der Waals surface area contributed by atoms with Gasteiger partial charge in [0, 0.05) is 11.1 Å². The maximum absolute atomic E-state index is 14.0. The van der Waals surface area contributed by atoms with E-state index in [1.54, 1.807) is 6.92 Å². The van der Waals surface area contributed by atoms with Crippen LogP contribution in [0.3, 0.4) is 0 Å². The zero-order chi connectivity index (χ0) is 18.9. The molecule has 1 aromatic carbocycles. The Morgan fingerprint density at radius 1 is 1.31 bits per heavy atom. The summed E-state index contributed by atoms with van der Waals surface area (Å²) in [4.78, 5) is 17.5. The van der Waals surface area contributed by atoms with Gasteiger partial charge in [-0.3, -0.25) is 5.32 Å². The molecule has 0 saturated carbocycles. The van der Waals surface area contributed by atoms with Gasteiger partial charge in [-0.05, 0) is 50.3 Å². The van der Waals surface area contributed by atoms with Gasteiger partial charge in [0.2, 0.25) is 0 Å². The highest BCUT2D eigenvalue weighted by molar-refractivity contribution is 7.90. The summed E-state index contributed by atoms with van der Waals surface area (Å²) in [5.74, 6) is -0.827. The van der Waals surface area contributed by atoms with Gasteiger partial charge in [-0.1, -0.05) is 6.07 Å². The lowest BCUT2D eigenvalue weighted by Gasteiger charge is -2.15. The number of anilines is 1. The van der Waals surface area contributed by atoms with Crippen molar-refractivity contribution in [2.45, 2.75) is 43.5 Å². The van der Waals surface area contributed by atoms with Crippen molar-refractivity contribution in [2.24, 2.45) is 0 Å². The molecule has 0 radical (unpaired) electrons. The van der Waals surface area contributed by atoms with Crippen LogP contribution in [0.2, 0.25) is 0 Å². The molecular formula is C17H20FN3O3S2. The topological polar surface area (TPSA) is 88.2 Å². The van der Waals surface area contributed by atoms with E-state index in [0.29, 0.717) is 10.7 Å². The van der Waals surface area contributed by atoms with Crippen molar-refractivity contribution in [1.29, 1.82) is 0 Å². The van der Waals surface area contributed by atoms with Crippen LogP contribution in [0, 0.1) is 5.82 Å². The van der Waals surface area contributed by atoms with E-state index in [0.717, 1.165) is 43.7 Å². The van der Waals surface area contributed by atoms with Gasteiger partial charge in [0.05, 0.1) is 11.7 Å². The molecule has 140 valence electrons. The number of hydrogen-bond donors (Lipinski definition) is 2. The fraction of sp³-hybridized carbons (Fsp3) is 0.412. The van der Waals surface area contributed by atoms with Crippen LogP contribution in [0.5, 0.6) is 0 Å². The number of urea groups is 1. The lowest BCUT2D eigenvalue weighted by atomic mass is 10.0. The Labute approximate surface area is 155 Å². The van der Waals surface area contributed by atoms with Crippen LogP contribution in [0.4, 0.5) is 14.3 Å². The third-order valence-electron chi connectivity index (χ3n) is 4.27. The molecule has 0 fully saturated rings. The Balaban J connectivity index is 1.65. The first-order chi connectivity index (χ1) is 12.2. The van der Waals surface area contributed by atoms with E-state index in [-0.39, 0.29) is 4.90 Å². The van der Waals surface area contributed by atoms with Gasteiger partial charge in [0.25, 0.3) is 0 Å². The first-order valence-electron chi connectivity index (χ1n) is 8.29. The van der Waals surface area contributed by atoms with Crippen LogP contribution in [0.25, 0.3) is 0 Å². The summed E-state index contributed by atoms with van der Waals surface area (Å²) in [6.45, 7) is 1.70. The molecule has 26 heavy (non-hydrogen) atoms. The van der Waals surface area contributed by atoms with Gasteiger partial charge in [0.15, 0.2) is 15.0 Å². The number of carbonyl (C=O) groups excluding carboxylic acids is 1. The number of nitrogens with one attached hydrogen (secondary N) is 2. The molecule has 1 aromatic heterocycles. The molecule has 1 heterocycles. The molecule has 0 aliphatic heterocycles. The Morgan fingerprint density at radius 3 is 2.69 bits per heavy atom. The fourth-order valence-electron chi connectivity index (χ4n) is 2.91. The molecule has 1 atom stereocenters. The minimum atomic E-state index is -3.62. The molecule has 0 bridgehead atoms. The summed E-state index contributed by atoms with van der Waals surface area (Å²) in [6, 6.07) is 2.91. The number of thiazole rings is 1. The number of nitrogens with zero attached hydrogens (tertiary/aromatic N) is 1. The third kappa shape index (κ3) is 4.21. The number of aryl methyl sites for hydroxylation is 2. The minimum Gasteiger partial charge on any atom is -0.331 e. The molecule has 1 aliphatic rings. The quantitative estimate of drug-likeness (QED) is 0.827. The Kier molecular flexibility index (Phi) is 5.29.